The molecule has 10 heteroatoms. The SMILES string of the molecule is CCOc1ccccc1NC(=O)C1C(=O)CC(C)(O)C(C(=O)Nc2ccccc2OCC)C1c1ccc(O)c(OC)c1. The van der Waals surface area contributed by atoms with Gasteiger partial charge in [-0.15, -0.1) is 0 Å². The summed E-state index contributed by atoms with van der Waals surface area (Å²) in [5.41, 5.74) is -0.722. The Labute approximate surface area is 244 Å². The van der Waals surface area contributed by atoms with Gasteiger partial charge in [0.25, 0.3) is 0 Å². The molecule has 4 N–H and O–H groups in total. The Morgan fingerprint density at radius 2 is 1.43 bits per heavy atom. The van der Waals surface area contributed by atoms with Gasteiger partial charge in [-0.3, -0.25) is 14.4 Å². The summed E-state index contributed by atoms with van der Waals surface area (Å²) >= 11 is 0. The predicted molar refractivity (Wildman–Crippen MR) is 157 cm³/mol. The van der Waals surface area contributed by atoms with Gasteiger partial charge in [0.2, 0.25) is 11.8 Å². The number of ether oxygens (including phenoxy) is 3. The van der Waals surface area contributed by atoms with Gasteiger partial charge in [-0.2, -0.15) is 0 Å². The number of nitrogens with one attached hydrogen (secondary N) is 2. The number of aromatic hydroxyl groups is 1. The molecule has 3 aromatic rings. The Morgan fingerprint density at radius 3 is 1.98 bits per heavy atom. The number of aliphatic hydroxyl groups is 1. The second kappa shape index (κ2) is 12.9. The number of carbonyl (C=O) groups is 3. The summed E-state index contributed by atoms with van der Waals surface area (Å²) in [5.74, 6) is -4.78. The topological polar surface area (TPSA) is 143 Å². The number of carbonyl (C=O) groups excluding carboxylic acids is 3. The van der Waals surface area contributed by atoms with E-state index in [1.54, 1.807) is 48.5 Å². The third kappa shape index (κ3) is 6.33. The molecule has 0 bridgehead atoms. The molecule has 42 heavy (non-hydrogen) atoms. The highest BCUT2D eigenvalue weighted by Crippen LogP contribution is 2.48. The molecule has 222 valence electrons. The number of anilines is 2. The first kappa shape index (κ1) is 30.4. The summed E-state index contributed by atoms with van der Waals surface area (Å²) in [6, 6.07) is 18.0. The van der Waals surface area contributed by atoms with Crippen LogP contribution < -0.4 is 24.8 Å². The van der Waals surface area contributed by atoms with Crippen molar-refractivity contribution >= 4 is 29.0 Å². The number of benzene rings is 3. The lowest BCUT2D eigenvalue weighted by Crippen LogP contribution is -2.56. The summed E-state index contributed by atoms with van der Waals surface area (Å²) in [6.07, 6.45) is -0.435. The van der Waals surface area contributed by atoms with Gasteiger partial charge in [0.05, 0.1) is 43.2 Å². The third-order valence-electron chi connectivity index (χ3n) is 7.31. The van der Waals surface area contributed by atoms with Crippen molar-refractivity contribution in [1.82, 2.24) is 0 Å². The first-order valence-corrected chi connectivity index (χ1v) is 13.8. The Hall–Kier alpha value is -4.57. The van der Waals surface area contributed by atoms with E-state index >= 15 is 0 Å². The number of rotatable bonds is 10. The minimum absolute atomic E-state index is 0.0897. The molecule has 0 aliphatic heterocycles. The van der Waals surface area contributed by atoms with Crippen molar-refractivity contribution in [2.45, 2.75) is 38.7 Å². The minimum Gasteiger partial charge on any atom is -0.504 e. The fraction of sp³-hybridized carbons (Fsp3) is 0.344. The second-order valence-electron chi connectivity index (χ2n) is 10.2. The summed E-state index contributed by atoms with van der Waals surface area (Å²) in [6.45, 7) is 5.76. The molecule has 0 aromatic heterocycles. The number of methoxy groups -OCH3 is 1. The van der Waals surface area contributed by atoms with Crippen LogP contribution in [-0.4, -0.2) is 53.7 Å². The molecule has 1 aliphatic rings. The second-order valence-corrected chi connectivity index (χ2v) is 10.2. The van der Waals surface area contributed by atoms with Crippen LogP contribution in [0.1, 0.15) is 38.7 Å². The van der Waals surface area contributed by atoms with Crippen LogP contribution in [0.2, 0.25) is 0 Å². The van der Waals surface area contributed by atoms with Crippen molar-refractivity contribution in [3.63, 3.8) is 0 Å². The van der Waals surface area contributed by atoms with Gasteiger partial charge < -0.3 is 35.1 Å². The van der Waals surface area contributed by atoms with E-state index in [9.17, 15) is 24.6 Å². The van der Waals surface area contributed by atoms with E-state index in [-0.39, 0.29) is 11.5 Å². The van der Waals surface area contributed by atoms with Gasteiger partial charge in [0, 0.05) is 12.3 Å². The molecule has 4 rings (SSSR count). The molecular formula is C32H36N2O8. The lowest BCUT2D eigenvalue weighted by Gasteiger charge is -2.44. The molecule has 4 atom stereocenters. The van der Waals surface area contributed by atoms with E-state index in [0.29, 0.717) is 41.7 Å². The fourth-order valence-corrected chi connectivity index (χ4v) is 5.52. The van der Waals surface area contributed by atoms with E-state index in [4.69, 9.17) is 14.2 Å². The van der Waals surface area contributed by atoms with Crippen molar-refractivity contribution < 1.29 is 38.8 Å². The van der Waals surface area contributed by atoms with E-state index in [0.717, 1.165) is 0 Å². The van der Waals surface area contributed by atoms with Crippen LogP contribution in [0, 0.1) is 11.8 Å². The Bertz CT molecular complexity index is 1450. The predicted octanol–water partition coefficient (Wildman–Crippen LogP) is 4.52. The number of hydrogen-bond acceptors (Lipinski definition) is 8. The summed E-state index contributed by atoms with van der Waals surface area (Å²) in [7, 11) is 1.37. The molecule has 0 spiro atoms. The largest absolute Gasteiger partial charge is 0.504 e. The molecule has 1 aliphatic carbocycles. The van der Waals surface area contributed by atoms with Crippen molar-refractivity contribution in [3.05, 3.63) is 72.3 Å². The molecular weight excluding hydrogens is 540 g/mol. The Kier molecular flexibility index (Phi) is 9.37. The maximum Gasteiger partial charge on any atom is 0.235 e. The van der Waals surface area contributed by atoms with E-state index in [2.05, 4.69) is 10.6 Å². The van der Waals surface area contributed by atoms with Crippen LogP contribution in [0.3, 0.4) is 0 Å². The number of phenols is 1. The quantitative estimate of drug-likeness (QED) is 0.258. The summed E-state index contributed by atoms with van der Waals surface area (Å²) in [5, 5.41) is 27.5. The molecule has 10 nitrogen and oxygen atoms in total. The number of amides is 2. The van der Waals surface area contributed by atoms with Gasteiger partial charge in [-0.05, 0) is 62.7 Å². The summed E-state index contributed by atoms with van der Waals surface area (Å²) in [4.78, 5) is 41.6. The lowest BCUT2D eigenvalue weighted by atomic mass is 9.61. The van der Waals surface area contributed by atoms with Crippen molar-refractivity contribution in [2.75, 3.05) is 31.0 Å². The average molecular weight is 577 g/mol. The van der Waals surface area contributed by atoms with Gasteiger partial charge in [0.15, 0.2) is 11.5 Å². The van der Waals surface area contributed by atoms with Gasteiger partial charge >= 0.3 is 0 Å². The molecule has 0 heterocycles. The number of ketones is 1. The van der Waals surface area contributed by atoms with Crippen molar-refractivity contribution in [3.8, 4) is 23.0 Å². The smallest absolute Gasteiger partial charge is 0.235 e. The van der Waals surface area contributed by atoms with Crippen LogP contribution in [0.15, 0.2) is 66.7 Å². The van der Waals surface area contributed by atoms with Gasteiger partial charge in [-0.25, -0.2) is 0 Å². The maximum absolute atomic E-state index is 14.0. The molecule has 0 radical (unpaired) electrons. The van der Waals surface area contributed by atoms with E-state index < -0.39 is 47.4 Å². The highest BCUT2D eigenvalue weighted by atomic mass is 16.5. The lowest BCUT2D eigenvalue weighted by molar-refractivity contribution is -0.150. The molecule has 1 fully saturated rings. The van der Waals surface area contributed by atoms with Crippen LogP contribution >= 0.6 is 0 Å². The summed E-state index contributed by atoms with van der Waals surface area (Å²) < 4.78 is 16.6. The van der Waals surface area contributed by atoms with Crippen molar-refractivity contribution in [1.29, 1.82) is 0 Å². The highest BCUT2D eigenvalue weighted by molar-refractivity contribution is 6.11. The number of phenolic OH excluding ortho intramolecular Hbond substituents is 1. The van der Waals surface area contributed by atoms with E-state index in [1.165, 1.54) is 32.2 Å². The number of para-hydroxylation sites is 4. The highest BCUT2D eigenvalue weighted by Gasteiger charge is 2.56. The fourth-order valence-electron chi connectivity index (χ4n) is 5.52. The molecule has 2 amide bonds. The minimum atomic E-state index is -1.82. The van der Waals surface area contributed by atoms with Crippen LogP contribution in [0.25, 0.3) is 0 Å². The zero-order valence-corrected chi connectivity index (χ0v) is 24.0. The monoisotopic (exact) mass is 576 g/mol. The first-order chi connectivity index (χ1) is 20.1. The maximum atomic E-state index is 14.0. The van der Waals surface area contributed by atoms with Crippen molar-refractivity contribution in [2.24, 2.45) is 11.8 Å². The standard InChI is InChI=1S/C32H36N2O8/c1-5-41-24-13-9-7-11-20(24)33-30(37)28-23(36)18-32(3,39)29(27(28)19-15-16-22(35)26(17-19)40-4)31(38)34-21-12-8-10-14-25(21)42-6-2/h7-17,27-29,35,39H,5-6,18H2,1-4H3,(H,33,37)(H,34,38). The van der Waals surface area contributed by atoms with Gasteiger partial charge in [0.1, 0.15) is 23.2 Å². The molecule has 3 aromatic carbocycles. The Balaban J connectivity index is 1.81. The zero-order valence-electron chi connectivity index (χ0n) is 24.0. The Morgan fingerprint density at radius 1 is 0.881 bits per heavy atom. The normalized spacial score (nSPS) is 21.7. The first-order valence-electron chi connectivity index (χ1n) is 13.8. The van der Waals surface area contributed by atoms with E-state index in [1.807, 2.05) is 13.8 Å². The van der Waals surface area contributed by atoms with Crippen LogP contribution in [0.5, 0.6) is 23.0 Å². The van der Waals surface area contributed by atoms with Gasteiger partial charge in [-0.1, -0.05) is 30.3 Å². The van der Waals surface area contributed by atoms with Crippen LogP contribution in [0.4, 0.5) is 11.4 Å². The molecule has 0 saturated heterocycles. The molecule has 4 unspecified atom stereocenters. The number of hydrogen-bond donors (Lipinski definition) is 4. The zero-order chi connectivity index (χ0) is 30.4. The number of Topliss-reactive ketones (excluding diaryl/α,β-unsaturated/α-hetero) is 1. The van der Waals surface area contributed by atoms with Crippen LogP contribution in [-0.2, 0) is 14.4 Å². The average Bonchev–Trinajstić information content (AvgIpc) is 2.94. The third-order valence-corrected chi connectivity index (χ3v) is 7.31. The molecule has 1 saturated carbocycles.